The fourth-order valence-electron chi connectivity index (χ4n) is 3.23. The molecule has 0 spiro atoms. The third-order valence-electron chi connectivity index (χ3n) is 4.62. The summed E-state index contributed by atoms with van der Waals surface area (Å²) in [5.41, 5.74) is 1.89. The van der Waals surface area contributed by atoms with Crippen LogP contribution < -0.4 is 11.2 Å². The van der Waals surface area contributed by atoms with E-state index >= 15 is 0 Å². The monoisotopic (exact) mass is 357 g/mol. The summed E-state index contributed by atoms with van der Waals surface area (Å²) in [5, 5.41) is 1.62. The zero-order valence-corrected chi connectivity index (χ0v) is 14.8. The normalized spacial score (nSPS) is 11.7. The van der Waals surface area contributed by atoms with Crippen LogP contribution in [0.15, 0.2) is 40.2 Å². The average Bonchev–Trinajstić information content (AvgIpc) is 3.10. The molecule has 0 N–H and O–H groups in total. The molecule has 0 saturated carbocycles. The summed E-state index contributed by atoms with van der Waals surface area (Å²) in [6.07, 6.45) is 1.54. The predicted molar refractivity (Wildman–Crippen MR) is 97.2 cm³/mol. The lowest BCUT2D eigenvalue weighted by molar-refractivity contribution is 0.632. The van der Waals surface area contributed by atoms with Gasteiger partial charge < -0.3 is 9.13 Å². The van der Waals surface area contributed by atoms with Gasteiger partial charge in [-0.25, -0.2) is 9.78 Å². The molecular weight excluding hydrogens is 342 g/mol. The molecule has 0 atom stereocenters. The Bertz CT molecular complexity index is 1260. The molecule has 25 heavy (non-hydrogen) atoms. The largest absolute Gasteiger partial charge is 0.346 e. The third-order valence-corrected chi connectivity index (χ3v) is 4.86. The van der Waals surface area contributed by atoms with Gasteiger partial charge in [-0.05, 0) is 24.3 Å². The standard InChI is InChI=1S/C17H16ClN5O2/c1-20-9-19-15-14(20)16(24)23(17(25)22(15)3)8-12-7-10-6-11(18)4-5-13(10)21(12)2/h4-7,9H,8H2,1-3H3. The second-order valence-corrected chi connectivity index (χ2v) is 6.59. The molecule has 4 rings (SSSR count). The van der Waals surface area contributed by atoms with Crippen molar-refractivity contribution in [2.75, 3.05) is 0 Å². The van der Waals surface area contributed by atoms with E-state index in [2.05, 4.69) is 4.98 Å². The molecule has 4 aromatic rings. The highest BCUT2D eigenvalue weighted by Gasteiger charge is 2.16. The van der Waals surface area contributed by atoms with Crippen molar-refractivity contribution in [3.63, 3.8) is 0 Å². The first-order valence-corrected chi connectivity index (χ1v) is 8.11. The van der Waals surface area contributed by atoms with Crippen LogP contribution in [0, 0.1) is 0 Å². The first-order chi connectivity index (χ1) is 11.9. The molecule has 3 aromatic heterocycles. The molecule has 0 saturated heterocycles. The maximum absolute atomic E-state index is 12.8. The van der Waals surface area contributed by atoms with E-state index in [0.29, 0.717) is 16.2 Å². The smallest absolute Gasteiger partial charge is 0.332 e. The zero-order chi connectivity index (χ0) is 17.9. The molecule has 0 aliphatic carbocycles. The summed E-state index contributed by atoms with van der Waals surface area (Å²) in [4.78, 5) is 29.6. The highest BCUT2D eigenvalue weighted by Crippen LogP contribution is 2.22. The molecule has 0 unspecified atom stereocenters. The minimum Gasteiger partial charge on any atom is -0.346 e. The summed E-state index contributed by atoms with van der Waals surface area (Å²) in [6.45, 7) is 0.176. The van der Waals surface area contributed by atoms with E-state index in [9.17, 15) is 9.59 Å². The topological polar surface area (TPSA) is 66.8 Å². The fourth-order valence-corrected chi connectivity index (χ4v) is 3.41. The first kappa shape index (κ1) is 15.7. The van der Waals surface area contributed by atoms with Gasteiger partial charge in [0.2, 0.25) is 0 Å². The molecule has 1 aromatic carbocycles. The number of hydrogen-bond acceptors (Lipinski definition) is 3. The molecule has 3 heterocycles. The highest BCUT2D eigenvalue weighted by molar-refractivity contribution is 6.31. The molecule has 7 nitrogen and oxygen atoms in total. The number of aromatic nitrogens is 5. The Kier molecular flexibility index (Phi) is 3.36. The Morgan fingerprint density at radius 3 is 2.60 bits per heavy atom. The van der Waals surface area contributed by atoms with Crippen LogP contribution in [-0.4, -0.2) is 23.3 Å². The number of aryl methyl sites for hydroxylation is 3. The second kappa shape index (κ2) is 5.35. The van der Waals surface area contributed by atoms with E-state index in [1.54, 1.807) is 18.7 Å². The van der Waals surface area contributed by atoms with Gasteiger partial charge in [0, 0.05) is 42.8 Å². The van der Waals surface area contributed by atoms with Crippen LogP contribution in [0.2, 0.25) is 5.02 Å². The zero-order valence-electron chi connectivity index (χ0n) is 14.0. The summed E-state index contributed by atoms with van der Waals surface area (Å²) in [5.74, 6) is 0. The number of benzene rings is 1. The van der Waals surface area contributed by atoms with E-state index in [1.807, 2.05) is 35.9 Å². The first-order valence-electron chi connectivity index (χ1n) is 7.73. The van der Waals surface area contributed by atoms with Crippen molar-refractivity contribution in [2.45, 2.75) is 6.54 Å². The Morgan fingerprint density at radius 1 is 1.08 bits per heavy atom. The van der Waals surface area contributed by atoms with Crippen molar-refractivity contribution in [3.8, 4) is 0 Å². The van der Waals surface area contributed by atoms with E-state index in [4.69, 9.17) is 11.6 Å². The molecule has 0 aliphatic heterocycles. The van der Waals surface area contributed by atoms with Crippen molar-refractivity contribution < 1.29 is 0 Å². The van der Waals surface area contributed by atoms with Crippen molar-refractivity contribution in [3.05, 3.63) is 62.1 Å². The van der Waals surface area contributed by atoms with Gasteiger partial charge in [0.1, 0.15) is 0 Å². The lowest BCUT2D eigenvalue weighted by Gasteiger charge is -2.09. The summed E-state index contributed by atoms with van der Waals surface area (Å²) in [6, 6.07) is 7.55. The Labute approximate surface area is 147 Å². The fraction of sp³-hybridized carbons (Fsp3) is 0.235. The van der Waals surface area contributed by atoms with Crippen molar-refractivity contribution >= 4 is 33.7 Å². The second-order valence-electron chi connectivity index (χ2n) is 6.16. The minimum atomic E-state index is -0.389. The van der Waals surface area contributed by atoms with Crippen LogP contribution in [0.3, 0.4) is 0 Å². The lowest BCUT2D eigenvalue weighted by Crippen LogP contribution is -2.40. The number of fused-ring (bicyclic) bond motifs is 2. The predicted octanol–water partition coefficient (Wildman–Crippen LogP) is 1.63. The van der Waals surface area contributed by atoms with Crippen molar-refractivity contribution in [1.82, 2.24) is 23.3 Å². The molecule has 8 heteroatoms. The number of nitrogens with zero attached hydrogens (tertiary/aromatic N) is 5. The molecule has 128 valence electrons. The third kappa shape index (κ3) is 2.23. The van der Waals surface area contributed by atoms with Gasteiger partial charge in [-0.3, -0.25) is 13.9 Å². The van der Waals surface area contributed by atoms with E-state index in [0.717, 1.165) is 16.6 Å². The Balaban J connectivity index is 1.95. The lowest BCUT2D eigenvalue weighted by atomic mass is 10.2. The Hall–Kier alpha value is -2.80. The van der Waals surface area contributed by atoms with Gasteiger partial charge in [-0.15, -0.1) is 0 Å². The van der Waals surface area contributed by atoms with E-state index in [-0.39, 0.29) is 17.8 Å². The van der Waals surface area contributed by atoms with Crippen LogP contribution in [0.25, 0.3) is 22.1 Å². The number of imidazole rings is 1. The number of rotatable bonds is 2. The Morgan fingerprint density at radius 2 is 1.84 bits per heavy atom. The average molecular weight is 358 g/mol. The number of hydrogen-bond donors (Lipinski definition) is 0. The molecule has 0 amide bonds. The van der Waals surface area contributed by atoms with Crippen LogP contribution in [0.4, 0.5) is 0 Å². The highest BCUT2D eigenvalue weighted by atomic mass is 35.5. The molecule has 0 fully saturated rings. The summed E-state index contributed by atoms with van der Waals surface area (Å²) < 4.78 is 6.23. The number of halogens is 1. The van der Waals surface area contributed by atoms with Crippen molar-refractivity contribution in [2.24, 2.45) is 21.1 Å². The van der Waals surface area contributed by atoms with E-state index < -0.39 is 0 Å². The SMILES string of the molecule is Cn1cnc2c1c(=O)n(Cc1cc3cc(Cl)ccc3n1C)c(=O)n2C. The van der Waals surface area contributed by atoms with Gasteiger partial charge in [-0.2, -0.15) is 0 Å². The van der Waals surface area contributed by atoms with Crippen LogP contribution in [-0.2, 0) is 27.7 Å². The quantitative estimate of drug-likeness (QED) is 0.547. The van der Waals surface area contributed by atoms with Gasteiger partial charge in [0.15, 0.2) is 11.2 Å². The van der Waals surface area contributed by atoms with E-state index in [1.165, 1.54) is 15.5 Å². The molecular formula is C17H16ClN5O2. The van der Waals surface area contributed by atoms with Crippen LogP contribution >= 0.6 is 11.6 Å². The van der Waals surface area contributed by atoms with Gasteiger partial charge in [-0.1, -0.05) is 11.6 Å². The minimum absolute atomic E-state index is 0.176. The maximum atomic E-state index is 12.8. The van der Waals surface area contributed by atoms with Crippen LogP contribution in [0.1, 0.15) is 5.69 Å². The maximum Gasteiger partial charge on any atom is 0.332 e. The summed E-state index contributed by atoms with van der Waals surface area (Å²) in [7, 11) is 5.27. The molecule has 0 radical (unpaired) electrons. The summed E-state index contributed by atoms with van der Waals surface area (Å²) >= 11 is 6.05. The molecule has 0 aliphatic rings. The van der Waals surface area contributed by atoms with Gasteiger partial charge in [0.05, 0.1) is 12.9 Å². The van der Waals surface area contributed by atoms with Crippen molar-refractivity contribution in [1.29, 1.82) is 0 Å². The molecule has 0 bridgehead atoms. The van der Waals surface area contributed by atoms with Gasteiger partial charge >= 0.3 is 5.69 Å². The van der Waals surface area contributed by atoms with Gasteiger partial charge in [0.25, 0.3) is 5.56 Å². The van der Waals surface area contributed by atoms with Crippen LogP contribution in [0.5, 0.6) is 0 Å².